The summed E-state index contributed by atoms with van der Waals surface area (Å²) >= 11 is 5.85. The Hall–Kier alpha value is -1.74. The second-order valence-electron chi connectivity index (χ2n) is 2.95. The molecule has 0 bridgehead atoms. The van der Waals surface area contributed by atoms with Crippen LogP contribution in [-0.4, -0.2) is 4.98 Å². The molecule has 0 saturated carbocycles. The first kappa shape index (κ1) is 9.80. The minimum absolute atomic E-state index is 0.475. The van der Waals surface area contributed by atoms with Crippen LogP contribution in [0.3, 0.4) is 0 Å². The molecule has 1 aromatic carbocycles. The van der Waals surface area contributed by atoms with Gasteiger partial charge in [0.2, 0.25) is 5.88 Å². The lowest BCUT2D eigenvalue weighted by Crippen LogP contribution is -1.89. The Balaban J connectivity index is 2.22. The maximum atomic E-state index is 5.85. The van der Waals surface area contributed by atoms with Crippen molar-refractivity contribution < 1.29 is 4.74 Å². The van der Waals surface area contributed by atoms with Gasteiger partial charge in [0.25, 0.3) is 0 Å². The van der Waals surface area contributed by atoms with Crippen molar-refractivity contribution in [3.63, 3.8) is 0 Å². The quantitative estimate of drug-likeness (QED) is 0.792. The Morgan fingerprint density at radius 1 is 1.20 bits per heavy atom. The summed E-state index contributed by atoms with van der Waals surface area (Å²) in [6.45, 7) is 0. The number of nitrogen functional groups attached to an aromatic ring is 1. The number of ether oxygens (including phenoxy) is 1. The zero-order valence-electron chi connectivity index (χ0n) is 7.85. The van der Waals surface area contributed by atoms with Crippen LogP contribution in [0.15, 0.2) is 42.6 Å². The van der Waals surface area contributed by atoms with Crippen molar-refractivity contribution in [2.45, 2.75) is 0 Å². The van der Waals surface area contributed by atoms with Crippen LogP contribution in [0, 0.1) is 0 Å². The van der Waals surface area contributed by atoms with Crippen LogP contribution in [0.5, 0.6) is 11.6 Å². The molecule has 0 saturated heterocycles. The molecule has 4 heteroatoms. The van der Waals surface area contributed by atoms with E-state index in [4.69, 9.17) is 22.1 Å². The van der Waals surface area contributed by atoms with Crippen molar-refractivity contribution in [3.05, 3.63) is 47.6 Å². The monoisotopic (exact) mass is 220 g/mol. The van der Waals surface area contributed by atoms with Gasteiger partial charge in [-0.15, -0.1) is 0 Å². The SMILES string of the molecule is Nc1ccc(Oc2ccccn2)cc1Cl. The third-order valence-corrected chi connectivity index (χ3v) is 2.16. The lowest BCUT2D eigenvalue weighted by Gasteiger charge is -2.05. The fraction of sp³-hybridized carbons (Fsp3) is 0. The summed E-state index contributed by atoms with van der Waals surface area (Å²) in [7, 11) is 0. The summed E-state index contributed by atoms with van der Waals surface area (Å²) in [5.74, 6) is 1.14. The summed E-state index contributed by atoms with van der Waals surface area (Å²) in [6, 6.07) is 10.5. The summed E-state index contributed by atoms with van der Waals surface area (Å²) < 4.78 is 5.46. The van der Waals surface area contributed by atoms with E-state index >= 15 is 0 Å². The maximum absolute atomic E-state index is 5.85. The van der Waals surface area contributed by atoms with Gasteiger partial charge in [-0.3, -0.25) is 0 Å². The molecule has 0 aliphatic heterocycles. The van der Waals surface area contributed by atoms with E-state index in [9.17, 15) is 0 Å². The smallest absolute Gasteiger partial charge is 0.219 e. The molecule has 0 aliphatic carbocycles. The van der Waals surface area contributed by atoms with Gasteiger partial charge < -0.3 is 10.5 Å². The molecule has 0 unspecified atom stereocenters. The second kappa shape index (κ2) is 4.19. The van der Waals surface area contributed by atoms with Crippen molar-refractivity contribution in [2.24, 2.45) is 0 Å². The topological polar surface area (TPSA) is 48.1 Å². The molecule has 2 aromatic rings. The number of pyridine rings is 1. The highest BCUT2D eigenvalue weighted by Gasteiger charge is 2.00. The molecule has 0 aliphatic rings. The number of halogens is 1. The van der Waals surface area contributed by atoms with Crippen LogP contribution in [0.1, 0.15) is 0 Å². The van der Waals surface area contributed by atoms with Crippen molar-refractivity contribution >= 4 is 17.3 Å². The molecule has 0 amide bonds. The van der Waals surface area contributed by atoms with Gasteiger partial charge in [-0.2, -0.15) is 0 Å². The predicted octanol–water partition coefficient (Wildman–Crippen LogP) is 3.11. The Morgan fingerprint density at radius 3 is 2.73 bits per heavy atom. The zero-order chi connectivity index (χ0) is 10.7. The average molecular weight is 221 g/mol. The second-order valence-corrected chi connectivity index (χ2v) is 3.36. The molecule has 3 nitrogen and oxygen atoms in total. The van der Waals surface area contributed by atoms with Gasteiger partial charge in [-0.05, 0) is 18.2 Å². The minimum Gasteiger partial charge on any atom is -0.439 e. The van der Waals surface area contributed by atoms with Gasteiger partial charge in [0, 0.05) is 18.3 Å². The van der Waals surface area contributed by atoms with Crippen LogP contribution in [0.2, 0.25) is 5.02 Å². The highest BCUT2D eigenvalue weighted by Crippen LogP contribution is 2.26. The zero-order valence-corrected chi connectivity index (χ0v) is 8.61. The number of aromatic nitrogens is 1. The van der Waals surface area contributed by atoms with Gasteiger partial charge in [-0.25, -0.2) is 4.98 Å². The fourth-order valence-electron chi connectivity index (χ4n) is 1.10. The number of anilines is 1. The molecule has 2 rings (SSSR count). The number of rotatable bonds is 2. The molecule has 1 heterocycles. The number of nitrogens with zero attached hydrogens (tertiary/aromatic N) is 1. The highest BCUT2D eigenvalue weighted by atomic mass is 35.5. The highest BCUT2D eigenvalue weighted by molar-refractivity contribution is 6.33. The van der Waals surface area contributed by atoms with Crippen LogP contribution < -0.4 is 10.5 Å². The van der Waals surface area contributed by atoms with E-state index in [2.05, 4.69) is 4.98 Å². The molecule has 76 valence electrons. The van der Waals surface area contributed by atoms with Gasteiger partial charge in [0.05, 0.1) is 10.7 Å². The van der Waals surface area contributed by atoms with Crippen LogP contribution in [-0.2, 0) is 0 Å². The molecular weight excluding hydrogens is 212 g/mol. The average Bonchev–Trinajstić information content (AvgIpc) is 2.25. The van der Waals surface area contributed by atoms with Crippen molar-refractivity contribution in [2.75, 3.05) is 5.73 Å². The van der Waals surface area contributed by atoms with Crippen LogP contribution >= 0.6 is 11.6 Å². The van der Waals surface area contributed by atoms with Gasteiger partial charge in [0.1, 0.15) is 5.75 Å². The minimum atomic E-state index is 0.475. The molecule has 0 spiro atoms. The first-order valence-electron chi connectivity index (χ1n) is 4.39. The fourth-order valence-corrected chi connectivity index (χ4v) is 1.27. The van der Waals surface area contributed by atoms with E-state index in [0.717, 1.165) is 0 Å². The van der Waals surface area contributed by atoms with E-state index in [-0.39, 0.29) is 0 Å². The molecule has 2 N–H and O–H groups in total. The molecule has 0 radical (unpaired) electrons. The largest absolute Gasteiger partial charge is 0.439 e. The first-order chi connectivity index (χ1) is 7.25. The van der Waals surface area contributed by atoms with Crippen LogP contribution in [0.4, 0.5) is 5.69 Å². The standard InChI is InChI=1S/C11H9ClN2O/c12-9-7-8(4-5-10(9)13)15-11-3-1-2-6-14-11/h1-7H,13H2. The predicted molar refractivity (Wildman–Crippen MR) is 60.2 cm³/mol. The van der Waals surface area contributed by atoms with Crippen molar-refractivity contribution in [1.82, 2.24) is 4.98 Å². The molecule has 15 heavy (non-hydrogen) atoms. The first-order valence-corrected chi connectivity index (χ1v) is 4.77. The number of hydrogen-bond donors (Lipinski definition) is 1. The summed E-state index contributed by atoms with van der Waals surface area (Å²) in [5.41, 5.74) is 6.11. The number of benzene rings is 1. The van der Waals surface area contributed by atoms with E-state index in [0.29, 0.717) is 22.3 Å². The Kier molecular flexibility index (Phi) is 2.74. The third kappa shape index (κ3) is 2.39. The molecular formula is C11H9ClN2O. The maximum Gasteiger partial charge on any atom is 0.219 e. The third-order valence-electron chi connectivity index (χ3n) is 1.83. The number of hydrogen-bond acceptors (Lipinski definition) is 3. The lowest BCUT2D eigenvalue weighted by atomic mass is 10.3. The van der Waals surface area contributed by atoms with E-state index in [1.807, 2.05) is 12.1 Å². The van der Waals surface area contributed by atoms with E-state index < -0.39 is 0 Å². The molecule has 0 atom stereocenters. The van der Waals surface area contributed by atoms with Crippen molar-refractivity contribution in [1.29, 1.82) is 0 Å². The van der Waals surface area contributed by atoms with Crippen molar-refractivity contribution in [3.8, 4) is 11.6 Å². The normalized spacial score (nSPS) is 9.93. The van der Waals surface area contributed by atoms with Gasteiger partial charge in [0.15, 0.2) is 0 Å². The Morgan fingerprint density at radius 2 is 2.07 bits per heavy atom. The Labute approximate surface area is 92.5 Å². The van der Waals surface area contributed by atoms with Gasteiger partial charge in [-0.1, -0.05) is 17.7 Å². The molecule has 0 fully saturated rings. The number of nitrogens with two attached hydrogens (primary N) is 1. The summed E-state index contributed by atoms with van der Waals surface area (Å²) in [5, 5.41) is 0.475. The van der Waals surface area contributed by atoms with Crippen LogP contribution in [0.25, 0.3) is 0 Å². The van der Waals surface area contributed by atoms with E-state index in [1.54, 1.807) is 30.5 Å². The summed E-state index contributed by atoms with van der Waals surface area (Å²) in [4.78, 5) is 4.03. The summed E-state index contributed by atoms with van der Waals surface area (Å²) in [6.07, 6.45) is 1.66. The lowest BCUT2D eigenvalue weighted by molar-refractivity contribution is 0.463. The molecule has 1 aromatic heterocycles. The van der Waals surface area contributed by atoms with E-state index in [1.165, 1.54) is 0 Å². The Bertz CT molecular complexity index is 459. The van der Waals surface area contributed by atoms with Gasteiger partial charge >= 0.3 is 0 Å².